The fourth-order valence-corrected chi connectivity index (χ4v) is 2.50. The summed E-state index contributed by atoms with van der Waals surface area (Å²) in [5, 5.41) is 2.57. The standard InChI is InChI=1S/C18H16F3NO3S/c1-26-15-7-5-14(6-8-15)22-16(23)11-25-17(24)10-12-3-2-4-13(9-12)18(19,20)21/h2-9H,10-11H2,1H3,(H,22,23). The average molecular weight is 383 g/mol. The third-order valence-electron chi connectivity index (χ3n) is 3.34. The molecule has 8 heteroatoms. The van der Waals surface area contributed by atoms with Crippen molar-refractivity contribution in [2.24, 2.45) is 0 Å². The van der Waals surface area contributed by atoms with Gasteiger partial charge in [0.1, 0.15) is 0 Å². The summed E-state index contributed by atoms with van der Waals surface area (Å²) < 4.78 is 42.7. The lowest BCUT2D eigenvalue weighted by Crippen LogP contribution is -2.21. The first-order chi connectivity index (χ1) is 12.3. The van der Waals surface area contributed by atoms with Crippen LogP contribution in [0.25, 0.3) is 0 Å². The molecule has 0 aliphatic rings. The minimum Gasteiger partial charge on any atom is -0.455 e. The van der Waals surface area contributed by atoms with E-state index in [1.165, 1.54) is 12.1 Å². The quantitative estimate of drug-likeness (QED) is 0.601. The van der Waals surface area contributed by atoms with Crippen LogP contribution >= 0.6 is 11.8 Å². The van der Waals surface area contributed by atoms with E-state index in [1.54, 1.807) is 23.9 Å². The molecule has 0 spiro atoms. The average Bonchev–Trinajstić information content (AvgIpc) is 2.60. The smallest absolute Gasteiger partial charge is 0.416 e. The summed E-state index contributed by atoms with van der Waals surface area (Å²) >= 11 is 1.56. The van der Waals surface area contributed by atoms with Crippen LogP contribution in [0.3, 0.4) is 0 Å². The number of alkyl halides is 3. The third-order valence-corrected chi connectivity index (χ3v) is 4.08. The van der Waals surface area contributed by atoms with Gasteiger partial charge in [0.25, 0.3) is 5.91 Å². The van der Waals surface area contributed by atoms with Gasteiger partial charge in [0, 0.05) is 10.6 Å². The molecule has 2 aromatic carbocycles. The number of amides is 1. The second kappa shape index (κ2) is 8.75. The Morgan fingerprint density at radius 3 is 2.42 bits per heavy atom. The minimum atomic E-state index is -4.48. The van der Waals surface area contributed by atoms with Gasteiger partial charge in [-0.25, -0.2) is 0 Å². The predicted molar refractivity (Wildman–Crippen MR) is 93.0 cm³/mol. The first kappa shape index (κ1) is 19.8. The molecule has 2 aromatic rings. The molecule has 26 heavy (non-hydrogen) atoms. The number of ether oxygens (including phenoxy) is 1. The summed E-state index contributed by atoms with van der Waals surface area (Å²) in [5.41, 5.74) is -0.117. The molecule has 0 unspecified atom stereocenters. The van der Waals surface area contributed by atoms with Crippen molar-refractivity contribution >= 4 is 29.3 Å². The largest absolute Gasteiger partial charge is 0.455 e. The molecule has 0 fully saturated rings. The molecular weight excluding hydrogens is 367 g/mol. The van der Waals surface area contributed by atoms with Crippen molar-refractivity contribution in [3.8, 4) is 0 Å². The van der Waals surface area contributed by atoms with Gasteiger partial charge in [-0.2, -0.15) is 13.2 Å². The molecule has 0 heterocycles. The molecule has 1 amide bonds. The molecule has 0 aromatic heterocycles. The van der Waals surface area contributed by atoms with Crippen molar-refractivity contribution < 1.29 is 27.5 Å². The number of carbonyl (C=O) groups excluding carboxylic acids is 2. The summed E-state index contributed by atoms with van der Waals surface area (Å²) in [6.45, 7) is -0.512. The van der Waals surface area contributed by atoms with Crippen LogP contribution < -0.4 is 5.32 Å². The Labute approximate surface area is 152 Å². The monoisotopic (exact) mass is 383 g/mol. The number of hydrogen-bond donors (Lipinski definition) is 1. The van der Waals surface area contributed by atoms with Crippen molar-refractivity contribution in [1.82, 2.24) is 0 Å². The fourth-order valence-electron chi connectivity index (χ4n) is 2.09. The number of rotatable bonds is 6. The first-order valence-electron chi connectivity index (χ1n) is 7.53. The van der Waals surface area contributed by atoms with E-state index < -0.39 is 30.2 Å². The van der Waals surface area contributed by atoms with Gasteiger partial charge in [0.15, 0.2) is 6.61 Å². The highest BCUT2D eigenvalue weighted by molar-refractivity contribution is 7.98. The molecule has 0 aliphatic heterocycles. The second-order valence-corrected chi connectivity index (χ2v) is 6.19. The van der Waals surface area contributed by atoms with E-state index in [1.807, 2.05) is 18.4 Å². The number of benzene rings is 2. The molecule has 0 bridgehead atoms. The van der Waals surface area contributed by atoms with E-state index in [0.717, 1.165) is 17.0 Å². The number of halogens is 3. The van der Waals surface area contributed by atoms with Gasteiger partial charge < -0.3 is 10.1 Å². The van der Waals surface area contributed by atoms with E-state index in [9.17, 15) is 22.8 Å². The van der Waals surface area contributed by atoms with Crippen molar-refractivity contribution in [2.75, 3.05) is 18.2 Å². The summed E-state index contributed by atoms with van der Waals surface area (Å²) in [7, 11) is 0. The number of esters is 1. The maximum Gasteiger partial charge on any atom is 0.416 e. The molecule has 2 rings (SSSR count). The number of carbonyl (C=O) groups is 2. The van der Waals surface area contributed by atoms with E-state index >= 15 is 0 Å². The van der Waals surface area contributed by atoms with Crippen molar-refractivity contribution in [3.05, 3.63) is 59.7 Å². The van der Waals surface area contributed by atoms with Crippen LogP contribution in [0.5, 0.6) is 0 Å². The SMILES string of the molecule is CSc1ccc(NC(=O)COC(=O)Cc2cccc(C(F)(F)F)c2)cc1. The minimum absolute atomic E-state index is 0.165. The van der Waals surface area contributed by atoms with Crippen LogP contribution in [0.4, 0.5) is 18.9 Å². The highest BCUT2D eigenvalue weighted by Gasteiger charge is 2.30. The Kier molecular flexibility index (Phi) is 6.68. The lowest BCUT2D eigenvalue weighted by molar-refractivity contribution is -0.146. The normalized spacial score (nSPS) is 11.1. The molecule has 0 saturated carbocycles. The van der Waals surface area contributed by atoms with E-state index in [0.29, 0.717) is 5.69 Å². The van der Waals surface area contributed by atoms with Gasteiger partial charge in [-0.1, -0.05) is 18.2 Å². The number of anilines is 1. The van der Waals surface area contributed by atoms with Gasteiger partial charge in [-0.15, -0.1) is 11.8 Å². The van der Waals surface area contributed by atoms with Crippen molar-refractivity contribution in [3.63, 3.8) is 0 Å². The Hall–Kier alpha value is -2.48. The zero-order valence-electron chi connectivity index (χ0n) is 13.8. The molecule has 4 nitrogen and oxygen atoms in total. The van der Waals surface area contributed by atoms with Crippen molar-refractivity contribution in [2.45, 2.75) is 17.5 Å². The highest BCUT2D eigenvalue weighted by Crippen LogP contribution is 2.29. The number of thioether (sulfide) groups is 1. The topological polar surface area (TPSA) is 55.4 Å². The maximum atomic E-state index is 12.6. The number of hydrogen-bond acceptors (Lipinski definition) is 4. The van der Waals surface area contributed by atoms with Gasteiger partial charge in [-0.3, -0.25) is 9.59 Å². The Morgan fingerprint density at radius 1 is 1.12 bits per heavy atom. The van der Waals surface area contributed by atoms with Gasteiger partial charge in [0.2, 0.25) is 0 Å². The van der Waals surface area contributed by atoms with Crippen LogP contribution in [0.1, 0.15) is 11.1 Å². The fraction of sp³-hybridized carbons (Fsp3) is 0.222. The molecule has 0 radical (unpaired) electrons. The summed E-state index contributed by atoms with van der Waals surface area (Å²) in [4.78, 5) is 24.5. The lowest BCUT2D eigenvalue weighted by atomic mass is 10.1. The summed E-state index contributed by atoms with van der Waals surface area (Å²) in [6.07, 6.45) is -2.90. The maximum absolute atomic E-state index is 12.6. The van der Waals surface area contributed by atoms with Gasteiger partial charge >= 0.3 is 12.1 Å². The third kappa shape index (κ3) is 6.11. The van der Waals surface area contributed by atoms with Crippen LogP contribution in [0, 0.1) is 0 Å². The van der Waals surface area contributed by atoms with Crippen LogP contribution in [-0.4, -0.2) is 24.7 Å². The van der Waals surface area contributed by atoms with Crippen molar-refractivity contribution in [1.29, 1.82) is 0 Å². The van der Waals surface area contributed by atoms with E-state index in [-0.39, 0.29) is 12.0 Å². The zero-order valence-corrected chi connectivity index (χ0v) is 14.6. The van der Waals surface area contributed by atoms with Crippen LogP contribution in [-0.2, 0) is 26.9 Å². The predicted octanol–water partition coefficient (Wildman–Crippen LogP) is 4.15. The lowest BCUT2D eigenvalue weighted by Gasteiger charge is -2.09. The second-order valence-electron chi connectivity index (χ2n) is 5.31. The van der Waals surface area contributed by atoms with E-state index in [4.69, 9.17) is 4.74 Å². The molecule has 0 saturated heterocycles. The van der Waals surface area contributed by atoms with Gasteiger partial charge in [-0.05, 0) is 42.2 Å². The Bertz CT molecular complexity index is 776. The molecule has 138 valence electrons. The zero-order chi connectivity index (χ0) is 19.2. The molecule has 0 aliphatic carbocycles. The molecular formula is C18H16F3NO3S. The van der Waals surface area contributed by atoms with E-state index in [2.05, 4.69) is 5.32 Å². The summed E-state index contributed by atoms with van der Waals surface area (Å²) in [6, 6.07) is 11.5. The van der Waals surface area contributed by atoms with Crippen LogP contribution in [0.2, 0.25) is 0 Å². The first-order valence-corrected chi connectivity index (χ1v) is 8.76. The molecule has 1 N–H and O–H groups in total. The van der Waals surface area contributed by atoms with Crippen LogP contribution in [0.15, 0.2) is 53.4 Å². The van der Waals surface area contributed by atoms with Gasteiger partial charge in [0.05, 0.1) is 12.0 Å². The number of nitrogens with one attached hydrogen (secondary N) is 1. The Balaban J connectivity index is 1.83. The molecule has 0 atom stereocenters. The Morgan fingerprint density at radius 2 is 1.81 bits per heavy atom. The highest BCUT2D eigenvalue weighted by atomic mass is 32.2. The summed E-state index contributed by atoms with van der Waals surface area (Å²) in [5.74, 6) is -1.31.